The lowest BCUT2D eigenvalue weighted by atomic mass is 10.0. The lowest BCUT2D eigenvalue weighted by Crippen LogP contribution is -2.24. The molecule has 0 fully saturated rings. The predicted molar refractivity (Wildman–Crippen MR) is 149 cm³/mol. The van der Waals surface area contributed by atoms with Crippen LogP contribution in [0.5, 0.6) is 0 Å². The normalized spacial score (nSPS) is 13.5. The van der Waals surface area contributed by atoms with Crippen molar-refractivity contribution in [2.45, 2.75) is 25.6 Å². The Kier molecular flexibility index (Phi) is 8.14. The number of nitrogens with two attached hydrogens (primary N) is 1. The first-order chi connectivity index (χ1) is 18.7. The van der Waals surface area contributed by atoms with E-state index in [9.17, 15) is 18.0 Å². The van der Waals surface area contributed by atoms with Crippen molar-refractivity contribution in [1.29, 1.82) is 0 Å². The number of halogens is 3. The minimum Gasteiger partial charge on any atom is -0.383 e. The molecular formula is C26H27F3N6O2S2. The molecule has 8 nitrogen and oxygen atoms in total. The predicted octanol–water partition coefficient (Wildman–Crippen LogP) is 4.90. The fourth-order valence-electron chi connectivity index (χ4n) is 4.41. The highest BCUT2D eigenvalue weighted by Gasteiger charge is 2.34. The van der Waals surface area contributed by atoms with Gasteiger partial charge in [-0.15, -0.1) is 22.7 Å². The highest BCUT2D eigenvalue weighted by atomic mass is 32.1. The molecule has 0 saturated carbocycles. The maximum atomic E-state index is 13.4. The van der Waals surface area contributed by atoms with Gasteiger partial charge in [0.25, 0.3) is 0 Å². The number of thiazole rings is 1. The fraction of sp³-hybridized carbons (Fsp3) is 0.346. The molecular weight excluding hydrogens is 549 g/mol. The van der Waals surface area contributed by atoms with E-state index in [0.29, 0.717) is 42.8 Å². The van der Waals surface area contributed by atoms with Crippen molar-refractivity contribution in [2.75, 3.05) is 44.4 Å². The van der Waals surface area contributed by atoms with Gasteiger partial charge in [0.2, 0.25) is 5.91 Å². The number of rotatable bonds is 9. The Labute approximate surface area is 230 Å². The quantitative estimate of drug-likeness (QED) is 0.210. The molecule has 5 N–H and O–H groups in total. The molecule has 1 amide bonds. The number of carbonyl (C=O) groups excluding carboxylic acids is 1. The van der Waals surface area contributed by atoms with E-state index in [1.807, 2.05) is 6.07 Å². The van der Waals surface area contributed by atoms with Crippen molar-refractivity contribution in [3.63, 3.8) is 0 Å². The summed E-state index contributed by atoms with van der Waals surface area (Å²) in [7, 11) is 1.63. The number of carbonyl (C=O) groups is 1. The topological polar surface area (TPSA) is 114 Å². The number of thiophene rings is 1. The minimum absolute atomic E-state index is 0.0903. The summed E-state index contributed by atoms with van der Waals surface area (Å²) in [5, 5.41) is 11.2. The van der Waals surface area contributed by atoms with Crippen LogP contribution in [0.15, 0.2) is 30.5 Å². The third-order valence-electron chi connectivity index (χ3n) is 6.35. The molecule has 0 radical (unpaired) electrons. The third-order valence-corrected chi connectivity index (χ3v) is 8.55. The van der Waals surface area contributed by atoms with E-state index in [4.69, 9.17) is 15.5 Å². The molecule has 1 aliphatic heterocycles. The lowest BCUT2D eigenvalue weighted by molar-refractivity contribution is -0.137. The van der Waals surface area contributed by atoms with Crippen LogP contribution >= 0.6 is 22.7 Å². The van der Waals surface area contributed by atoms with Crippen LogP contribution in [0, 0.1) is 0 Å². The van der Waals surface area contributed by atoms with Crippen molar-refractivity contribution in [2.24, 2.45) is 0 Å². The number of alkyl halides is 3. The summed E-state index contributed by atoms with van der Waals surface area (Å²) in [5.74, 6) is -0.646. The minimum atomic E-state index is -4.60. The van der Waals surface area contributed by atoms with E-state index in [1.165, 1.54) is 23.1 Å². The summed E-state index contributed by atoms with van der Waals surface area (Å²) in [5.41, 5.74) is 8.12. The molecule has 4 aromatic rings. The Bertz CT molecular complexity index is 1500. The zero-order valence-corrected chi connectivity index (χ0v) is 22.7. The maximum absolute atomic E-state index is 13.4. The number of hydrogen-bond donors (Lipinski definition) is 4. The SMILES string of the molecule is COCCNCCC(=O)Nc1sc2c(c1-c1nc3cc(-c4cnc(N)c(C(F)(F)F)c4)ccc3s1)CCNC2. The van der Waals surface area contributed by atoms with E-state index in [1.54, 1.807) is 30.6 Å². The largest absolute Gasteiger partial charge is 0.419 e. The summed E-state index contributed by atoms with van der Waals surface area (Å²) < 4.78 is 46.0. The van der Waals surface area contributed by atoms with Crippen LogP contribution in [0.1, 0.15) is 22.4 Å². The number of benzene rings is 1. The van der Waals surface area contributed by atoms with E-state index in [2.05, 4.69) is 20.9 Å². The van der Waals surface area contributed by atoms with Crippen LogP contribution in [0.25, 0.3) is 31.9 Å². The number of fused-ring (bicyclic) bond motifs is 2. The van der Waals surface area contributed by atoms with Crippen LogP contribution < -0.4 is 21.7 Å². The highest BCUT2D eigenvalue weighted by molar-refractivity contribution is 7.23. The van der Waals surface area contributed by atoms with Gasteiger partial charge in [0.15, 0.2) is 0 Å². The fourth-order valence-corrected chi connectivity index (χ4v) is 6.74. The Balaban J connectivity index is 1.45. The first kappa shape index (κ1) is 27.5. The maximum Gasteiger partial charge on any atom is 0.419 e. The Morgan fingerprint density at radius 2 is 2.05 bits per heavy atom. The van der Waals surface area contributed by atoms with Crippen LogP contribution in [0.4, 0.5) is 24.0 Å². The van der Waals surface area contributed by atoms with Gasteiger partial charge in [-0.25, -0.2) is 9.97 Å². The summed E-state index contributed by atoms with van der Waals surface area (Å²) in [6.07, 6.45) is -2.13. The first-order valence-electron chi connectivity index (χ1n) is 12.3. The number of methoxy groups -OCH3 is 1. The zero-order chi connectivity index (χ0) is 27.6. The number of pyridine rings is 1. The molecule has 0 saturated heterocycles. The molecule has 5 rings (SSSR count). The van der Waals surface area contributed by atoms with Crippen molar-refractivity contribution in [3.8, 4) is 21.7 Å². The molecule has 0 bridgehead atoms. The van der Waals surface area contributed by atoms with Crippen LogP contribution in [0.3, 0.4) is 0 Å². The van der Waals surface area contributed by atoms with E-state index < -0.39 is 17.6 Å². The van der Waals surface area contributed by atoms with Gasteiger partial charge in [-0.05, 0) is 42.3 Å². The van der Waals surface area contributed by atoms with Crippen LogP contribution in [0.2, 0.25) is 0 Å². The van der Waals surface area contributed by atoms with Crippen molar-refractivity contribution < 1.29 is 22.7 Å². The summed E-state index contributed by atoms with van der Waals surface area (Å²) in [6, 6.07) is 6.37. The first-order valence-corrected chi connectivity index (χ1v) is 14.0. The molecule has 1 aromatic carbocycles. The number of anilines is 2. The molecule has 13 heteroatoms. The molecule has 0 atom stereocenters. The summed E-state index contributed by atoms with van der Waals surface area (Å²) in [6.45, 7) is 3.34. The molecule has 206 valence electrons. The van der Waals surface area contributed by atoms with E-state index >= 15 is 0 Å². The van der Waals surface area contributed by atoms with Gasteiger partial charge in [0.05, 0.1) is 22.4 Å². The highest BCUT2D eigenvalue weighted by Crippen LogP contribution is 2.45. The standard InChI is InChI=1S/C26H27F3N6O2S2/c1-37-9-8-31-7-5-21(36)35-25-22(16-4-6-32-13-20(16)39-25)24-34-18-11-14(2-3-19(18)38-24)15-10-17(26(27,28)29)23(30)33-12-15/h2-3,10-12,31-32H,4-9,13H2,1H3,(H2,30,33)(H,35,36). The van der Waals surface area contributed by atoms with Gasteiger partial charge < -0.3 is 26.4 Å². The third kappa shape index (κ3) is 6.07. The average Bonchev–Trinajstić information content (AvgIpc) is 3.48. The molecule has 1 aliphatic rings. The summed E-state index contributed by atoms with van der Waals surface area (Å²) >= 11 is 3.04. The molecule has 4 heterocycles. The number of aromatic nitrogens is 2. The number of hydrogen-bond acceptors (Lipinski definition) is 9. The van der Waals surface area contributed by atoms with Gasteiger partial charge in [-0.3, -0.25) is 4.79 Å². The molecule has 39 heavy (non-hydrogen) atoms. The van der Waals surface area contributed by atoms with Crippen LogP contribution in [-0.2, 0) is 28.7 Å². The van der Waals surface area contributed by atoms with Crippen molar-refractivity contribution in [1.82, 2.24) is 20.6 Å². The number of nitrogen functional groups attached to an aromatic ring is 1. The monoisotopic (exact) mass is 576 g/mol. The second-order valence-electron chi connectivity index (χ2n) is 9.03. The number of nitrogens with one attached hydrogen (secondary N) is 3. The number of ether oxygens (including phenoxy) is 1. The van der Waals surface area contributed by atoms with Crippen molar-refractivity contribution in [3.05, 3.63) is 46.5 Å². The lowest BCUT2D eigenvalue weighted by Gasteiger charge is -2.13. The smallest absolute Gasteiger partial charge is 0.383 e. The van der Waals surface area contributed by atoms with Crippen LogP contribution in [-0.4, -0.2) is 49.2 Å². The Hall–Kier alpha value is -3.10. The Morgan fingerprint density at radius 1 is 1.21 bits per heavy atom. The van der Waals surface area contributed by atoms with Gasteiger partial charge in [0.1, 0.15) is 15.8 Å². The molecule has 0 spiro atoms. The second-order valence-corrected chi connectivity index (χ2v) is 11.2. The second kappa shape index (κ2) is 11.6. The van der Waals surface area contributed by atoms with Gasteiger partial charge in [0, 0.05) is 55.4 Å². The number of amides is 1. The number of nitrogens with zero attached hydrogens (tertiary/aromatic N) is 2. The van der Waals surface area contributed by atoms with Crippen molar-refractivity contribution >= 4 is 49.6 Å². The Morgan fingerprint density at radius 3 is 2.85 bits per heavy atom. The molecule has 3 aromatic heterocycles. The van der Waals surface area contributed by atoms with E-state index in [-0.39, 0.29) is 5.91 Å². The average molecular weight is 577 g/mol. The molecule has 0 unspecified atom stereocenters. The van der Waals surface area contributed by atoms with Gasteiger partial charge in [-0.1, -0.05) is 6.07 Å². The zero-order valence-electron chi connectivity index (χ0n) is 21.1. The van der Waals surface area contributed by atoms with E-state index in [0.717, 1.165) is 50.7 Å². The van der Waals surface area contributed by atoms with Gasteiger partial charge >= 0.3 is 6.18 Å². The molecule has 0 aliphatic carbocycles. The summed E-state index contributed by atoms with van der Waals surface area (Å²) in [4.78, 5) is 22.5. The van der Waals surface area contributed by atoms with Gasteiger partial charge in [-0.2, -0.15) is 13.2 Å².